The van der Waals surface area contributed by atoms with Crippen molar-refractivity contribution >= 4 is 12.0 Å². The average Bonchev–Trinajstić information content (AvgIpc) is 3.26. The third-order valence-electron chi connectivity index (χ3n) is 7.63. The molecule has 0 radical (unpaired) electrons. The number of amides is 2. The molecule has 1 aliphatic rings. The first-order valence-corrected chi connectivity index (χ1v) is 14.6. The van der Waals surface area contributed by atoms with Crippen molar-refractivity contribution in [1.29, 1.82) is 0 Å². The number of aliphatic hydroxyl groups is 2. The minimum absolute atomic E-state index is 0.0238. The van der Waals surface area contributed by atoms with Gasteiger partial charge in [-0.25, -0.2) is 4.79 Å². The third-order valence-corrected chi connectivity index (χ3v) is 7.63. The van der Waals surface area contributed by atoms with Gasteiger partial charge in [-0.2, -0.15) is 13.2 Å². The summed E-state index contributed by atoms with van der Waals surface area (Å²) in [5, 5.41) is 27.9. The van der Waals surface area contributed by atoms with Gasteiger partial charge in [0.25, 0.3) is 0 Å². The maximum Gasteiger partial charge on any atom is 0.416 e. The number of ether oxygens (including phenoxy) is 1. The van der Waals surface area contributed by atoms with E-state index in [1.807, 2.05) is 54.6 Å². The van der Waals surface area contributed by atoms with Crippen molar-refractivity contribution in [3.05, 3.63) is 107 Å². The lowest BCUT2D eigenvalue weighted by atomic mass is 9.88. The Bertz CT molecular complexity index is 1410. The molecular weight excluding hydrogens is 573 g/mol. The topological polar surface area (TPSA) is 108 Å². The third kappa shape index (κ3) is 9.06. The number of alkyl halides is 3. The quantitative estimate of drug-likeness (QED) is 0.241. The highest BCUT2D eigenvalue weighted by atomic mass is 19.4. The lowest BCUT2D eigenvalue weighted by Crippen LogP contribution is -2.48. The van der Waals surface area contributed by atoms with Gasteiger partial charge >= 0.3 is 12.3 Å². The van der Waals surface area contributed by atoms with E-state index in [0.717, 1.165) is 28.8 Å². The molecule has 0 unspecified atom stereocenters. The molecule has 3 aromatic rings. The van der Waals surface area contributed by atoms with E-state index in [9.17, 15) is 33.0 Å². The summed E-state index contributed by atoms with van der Waals surface area (Å²) in [7, 11) is 0. The fourth-order valence-electron chi connectivity index (χ4n) is 5.48. The van der Waals surface area contributed by atoms with Crippen LogP contribution >= 0.6 is 0 Å². The Balaban J connectivity index is 1.58. The zero-order chi connectivity index (χ0) is 32.1. The maximum absolute atomic E-state index is 13.8. The normalized spacial score (nSPS) is 18.5. The van der Waals surface area contributed by atoms with Crippen LogP contribution in [0.1, 0.15) is 61.1 Å². The van der Waals surface area contributed by atoms with Crippen LogP contribution in [0.25, 0.3) is 0 Å². The van der Waals surface area contributed by atoms with E-state index in [1.54, 1.807) is 20.8 Å². The van der Waals surface area contributed by atoms with Gasteiger partial charge < -0.3 is 25.6 Å². The van der Waals surface area contributed by atoms with Crippen LogP contribution in [0.5, 0.6) is 0 Å². The van der Waals surface area contributed by atoms with E-state index in [2.05, 4.69) is 10.6 Å². The van der Waals surface area contributed by atoms with Gasteiger partial charge in [0.2, 0.25) is 5.91 Å². The van der Waals surface area contributed by atoms with Crippen LogP contribution < -0.4 is 10.6 Å². The molecule has 0 aromatic heterocycles. The monoisotopic (exact) mass is 612 g/mol. The van der Waals surface area contributed by atoms with Crippen LogP contribution in [-0.2, 0) is 35.0 Å². The Morgan fingerprint density at radius 1 is 0.909 bits per heavy atom. The molecular formula is C34H39F3N2O5. The SMILES string of the molecule is CC(C)(C)OC(=O)N[C@@H](Cc1ccccc1)[C@@H](O)C[C@H](Cc1ccc(C(F)(F)F)cc1)C(=O)N[C@H]1c2ccccc2C[C@H]1O. The van der Waals surface area contributed by atoms with E-state index in [-0.39, 0.29) is 19.3 Å². The van der Waals surface area contributed by atoms with Gasteiger partial charge in [0, 0.05) is 12.3 Å². The van der Waals surface area contributed by atoms with Gasteiger partial charge in [0.1, 0.15) is 5.60 Å². The number of benzene rings is 3. The predicted molar refractivity (Wildman–Crippen MR) is 160 cm³/mol. The Kier molecular flexibility index (Phi) is 10.4. The van der Waals surface area contributed by atoms with Crippen LogP contribution in [0.4, 0.5) is 18.0 Å². The molecule has 0 heterocycles. The smallest absolute Gasteiger partial charge is 0.416 e. The van der Waals surface area contributed by atoms with Gasteiger partial charge in [0.05, 0.1) is 29.9 Å². The number of fused-ring (bicyclic) bond motifs is 1. The second-order valence-electron chi connectivity index (χ2n) is 12.3. The molecule has 0 fully saturated rings. The summed E-state index contributed by atoms with van der Waals surface area (Å²) in [6.45, 7) is 5.15. The molecule has 10 heteroatoms. The van der Waals surface area contributed by atoms with Crippen LogP contribution in [0.15, 0.2) is 78.9 Å². The lowest BCUT2D eigenvalue weighted by Gasteiger charge is -2.30. The highest BCUT2D eigenvalue weighted by Gasteiger charge is 2.36. The molecule has 5 atom stereocenters. The first kappa shape index (κ1) is 33.0. The lowest BCUT2D eigenvalue weighted by molar-refractivity contribution is -0.137. The van der Waals surface area contributed by atoms with Crippen molar-refractivity contribution in [3.63, 3.8) is 0 Å². The minimum Gasteiger partial charge on any atom is -0.444 e. The molecule has 0 saturated carbocycles. The van der Waals surface area contributed by atoms with Gasteiger partial charge in [-0.15, -0.1) is 0 Å². The van der Waals surface area contributed by atoms with Crippen molar-refractivity contribution in [2.45, 2.75) is 82.5 Å². The summed E-state index contributed by atoms with van der Waals surface area (Å²) >= 11 is 0. The van der Waals surface area contributed by atoms with Gasteiger partial charge in [-0.3, -0.25) is 4.79 Å². The molecule has 3 aromatic carbocycles. The second-order valence-corrected chi connectivity index (χ2v) is 12.3. The van der Waals surface area contributed by atoms with Gasteiger partial charge in [-0.05, 0) is 74.4 Å². The molecule has 0 aliphatic heterocycles. The number of hydrogen-bond acceptors (Lipinski definition) is 5. The first-order chi connectivity index (χ1) is 20.7. The molecule has 0 spiro atoms. The second kappa shape index (κ2) is 13.8. The summed E-state index contributed by atoms with van der Waals surface area (Å²) in [6.07, 6.45) is -6.80. The van der Waals surface area contributed by atoms with Crippen molar-refractivity contribution in [2.75, 3.05) is 0 Å². The van der Waals surface area contributed by atoms with Crippen molar-refractivity contribution in [3.8, 4) is 0 Å². The Labute approximate surface area is 255 Å². The number of aliphatic hydroxyl groups excluding tert-OH is 2. The number of rotatable bonds is 10. The predicted octanol–water partition coefficient (Wildman–Crippen LogP) is 5.53. The van der Waals surface area contributed by atoms with Crippen LogP contribution in [0.2, 0.25) is 0 Å². The fraction of sp³-hybridized carbons (Fsp3) is 0.412. The largest absolute Gasteiger partial charge is 0.444 e. The van der Waals surface area contributed by atoms with E-state index < -0.39 is 59.6 Å². The molecule has 1 aliphatic carbocycles. The number of alkyl carbamates (subject to hydrolysis) is 1. The highest BCUT2D eigenvalue weighted by Crippen LogP contribution is 2.33. The Morgan fingerprint density at radius 3 is 2.16 bits per heavy atom. The number of halogens is 3. The number of hydrogen-bond donors (Lipinski definition) is 4. The highest BCUT2D eigenvalue weighted by molar-refractivity contribution is 5.80. The molecule has 4 N–H and O–H groups in total. The molecule has 7 nitrogen and oxygen atoms in total. The maximum atomic E-state index is 13.8. The molecule has 2 amide bonds. The van der Waals surface area contributed by atoms with Crippen molar-refractivity contribution in [1.82, 2.24) is 10.6 Å². The van der Waals surface area contributed by atoms with Gasteiger partial charge in [0.15, 0.2) is 0 Å². The van der Waals surface area contributed by atoms with Crippen LogP contribution in [0.3, 0.4) is 0 Å². The van der Waals surface area contributed by atoms with E-state index >= 15 is 0 Å². The summed E-state index contributed by atoms with van der Waals surface area (Å²) in [5.41, 5.74) is 1.41. The first-order valence-electron chi connectivity index (χ1n) is 14.6. The Morgan fingerprint density at radius 2 is 1.52 bits per heavy atom. The molecule has 0 bridgehead atoms. The van der Waals surface area contributed by atoms with Gasteiger partial charge in [-0.1, -0.05) is 66.7 Å². The summed E-state index contributed by atoms with van der Waals surface area (Å²) in [6, 6.07) is 19.6. The zero-order valence-corrected chi connectivity index (χ0v) is 25.0. The molecule has 236 valence electrons. The Hall–Kier alpha value is -3.89. The summed E-state index contributed by atoms with van der Waals surface area (Å²) in [5.74, 6) is -1.37. The van der Waals surface area contributed by atoms with E-state index in [4.69, 9.17) is 4.74 Å². The van der Waals surface area contributed by atoms with Crippen molar-refractivity contribution in [2.24, 2.45) is 5.92 Å². The van der Waals surface area contributed by atoms with Crippen LogP contribution in [0, 0.1) is 5.92 Å². The number of nitrogens with one attached hydrogen (secondary N) is 2. The zero-order valence-electron chi connectivity index (χ0n) is 25.0. The fourth-order valence-corrected chi connectivity index (χ4v) is 5.48. The van der Waals surface area contributed by atoms with E-state index in [1.165, 1.54) is 12.1 Å². The average molecular weight is 613 g/mol. The van der Waals surface area contributed by atoms with E-state index in [0.29, 0.717) is 12.0 Å². The van der Waals surface area contributed by atoms with Crippen LogP contribution in [-0.4, -0.2) is 46.1 Å². The standard InChI is InChI=1S/C34H39F3N2O5/c1-33(2,3)44-32(43)38-27(18-21-9-5-4-6-10-21)28(40)20-24(17-22-13-15-25(16-14-22)34(35,36)37)31(42)39-30-26-12-8-7-11-23(26)19-29(30)41/h4-16,24,27-30,40-41H,17-20H2,1-3H3,(H,38,43)(H,39,42)/t24-,27-,28-,29+,30-/m0/s1. The molecule has 4 rings (SSSR count). The van der Waals surface area contributed by atoms with Crippen molar-refractivity contribution < 1.29 is 37.7 Å². The minimum atomic E-state index is -4.50. The number of carbonyl (C=O) groups excluding carboxylic acids is 2. The number of carbonyl (C=O) groups is 2. The molecule has 44 heavy (non-hydrogen) atoms. The molecule has 0 saturated heterocycles. The summed E-state index contributed by atoms with van der Waals surface area (Å²) < 4.78 is 44.9. The summed E-state index contributed by atoms with van der Waals surface area (Å²) in [4.78, 5) is 26.5.